The molecular formula is C25H22N2O2S. The smallest absolute Gasteiger partial charge is 0.262 e. The Hall–Kier alpha value is -3.44. The molecule has 0 saturated heterocycles. The number of benzene rings is 3. The quantitative estimate of drug-likeness (QED) is 0.414. The molecule has 1 N–H and O–H groups in total. The molecule has 4 nitrogen and oxygen atoms in total. The van der Waals surface area contributed by atoms with E-state index in [2.05, 4.69) is 29.8 Å². The van der Waals surface area contributed by atoms with Crippen LogP contribution in [0.15, 0.2) is 78.2 Å². The number of hydrogen-bond acceptors (Lipinski definition) is 4. The number of nitrogens with one attached hydrogen (secondary N) is 1. The number of aryl methyl sites for hydroxylation is 2. The summed E-state index contributed by atoms with van der Waals surface area (Å²) in [5, 5.41) is 5.93. The highest BCUT2D eigenvalue weighted by Crippen LogP contribution is 2.31. The van der Waals surface area contributed by atoms with Crippen LogP contribution in [-0.2, 0) is 4.79 Å². The van der Waals surface area contributed by atoms with Crippen LogP contribution in [0.3, 0.4) is 0 Å². The van der Waals surface area contributed by atoms with Gasteiger partial charge < -0.3 is 10.1 Å². The first kappa shape index (κ1) is 19.9. The van der Waals surface area contributed by atoms with Crippen LogP contribution in [0.4, 0.5) is 5.69 Å². The van der Waals surface area contributed by atoms with Crippen molar-refractivity contribution in [2.24, 2.45) is 0 Å². The highest BCUT2D eigenvalue weighted by molar-refractivity contribution is 7.13. The van der Waals surface area contributed by atoms with Gasteiger partial charge >= 0.3 is 0 Å². The van der Waals surface area contributed by atoms with Crippen LogP contribution in [0.2, 0.25) is 0 Å². The van der Waals surface area contributed by atoms with Crippen molar-refractivity contribution in [3.63, 3.8) is 0 Å². The average Bonchev–Trinajstić information content (AvgIpc) is 3.23. The second-order valence-corrected chi connectivity index (χ2v) is 7.94. The summed E-state index contributed by atoms with van der Waals surface area (Å²) in [5.74, 6) is 0.494. The number of carbonyl (C=O) groups is 1. The number of ether oxygens (including phenoxy) is 1. The van der Waals surface area contributed by atoms with E-state index in [9.17, 15) is 4.79 Å². The van der Waals surface area contributed by atoms with Gasteiger partial charge in [0.2, 0.25) is 0 Å². The summed E-state index contributed by atoms with van der Waals surface area (Å²) in [6.07, 6.45) is 0. The summed E-state index contributed by atoms with van der Waals surface area (Å²) in [6.45, 7) is 4.05. The number of thiazole rings is 1. The van der Waals surface area contributed by atoms with Crippen LogP contribution >= 0.6 is 11.3 Å². The first-order valence-corrected chi connectivity index (χ1v) is 10.6. The molecule has 0 bridgehead atoms. The fraction of sp³-hybridized carbons (Fsp3) is 0.120. The van der Waals surface area contributed by atoms with Gasteiger partial charge in [0, 0.05) is 22.2 Å². The third-order valence-corrected chi connectivity index (χ3v) is 5.58. The number of rotatable bonds is 6. The molecule has 4 rings (SSSR count). The highest BCUT2D eigenvalue weighted by Gasteiger charge is 2.09. The van der Waals surface area contributed by atoms with Gasteiger partial charge in [0.25, 0.3) is 5.91 Å². The Labute approximate surface area is 180 Å². The minimum atomic E-state index is -0.195. The lowest BCUT2D eigenvalue weighted by Crippen LogP contribution is -2.20. The van der Waals surface area contributed by atoms with Gasteiger partial charge in [0.15, 0.2) is 6.61 Å². The average molecular weight is 415 g/mol. The first-order valence-electron chi connectivity index (χ1n) is 9.70. The van der Waals surface area contributed by atoms with E-state index in [1.165, 1.54) is 5.56 Å². The summed E-state index contributed by atoms with van der Waals surface area (Å²) in [4.78, 5) is 17.0. The van der Waals surface area contributed by atoms with Gasteiger partial charge in [-0.1, -0.05) is 48.5 Å². The lowest BCUT2D eigenvalue weighted by atomic mass is 10.1. The maximum absolute atomic E-state index is 12.2. The summed E-state index contributed by atoms with van der Waals surface area (Å²) in [7, 11) is 0. The SMILES string of the molecule is Cc1cccc(OCC(=O)Nc2ccc(-c3csc(-c4ccccc4C)n3)cc2)c1. The van der Waals surface area contributed by atoms with Crippen LogP contribution in [-0.4, -0.2) is 17.5 Å². The molecule has 0 aliphatic carbocycles. The molecule has 0 radical (unpaired) electrons. The summed E-state index contributed by atoms with van der Waals surface area (Å²) >= 11 is 1.63. The molecule has 1 heterocycles. The zero-order valence-corrected chi connectivity index (χ0v) is 17.7. The van der Waals surface area contributed by atoms with Crippen molar-refractivity contribution in [1.82, 2.24) is 4.98 Å². The van der Waals surface area contributed by atoms with Crippen LogP contribution < -0.4 is 10.1 Å². The lowest BCUT2D eigenvalue weighted by molar-refractivity contribution is -0.118. The lowest BCUT2D eigenvalue weighted by Gasteiger charge is -2.08. The highest BCUT2D eigenvalue weighted by atomic mass is 32.1. The second-order valence-electron chi connectivity index (χ2n) is 7.08. The Morgan fingerprint density at radius 1 is 1.00 bits per heavy atom. The minimum Gasteiger partial charge on any atom is -0.484 e. The van der Waals surface area contributed by atoms with Crippen molar-refractivity contribution >= 4 is 22.9 Å². The summed E-state index contributed by atoms with van der Waals surface area (Å²) in [5.41, 5.74) is 6.14. The normalized spacial score (nSPS) is 10.6. The first-order chi connectivity index (χ1) is 14.6. The van der Waals surface area contributed by atoms with Gasteiger partial charge in [-0.2, -0.15) is 0 Å². The van der Waals surface area contributed by atoms with E-state index in [1.807, 2.05) is 67.6 Å². The van der Waals surface area contributed by atoms with E-state index >= 15 is 0 Å². The van der Waals surface area contributed by atoms with Gasteiger partial charge in [0.1, 0.15) is 10.8 Å². The van der Waals surface area contributed by atoms with E-state index in [-0.39, 0.29) is 12.5 Å². The molecule has 0 fully saturated rings. The van der Waals surface area contributed by atoms with Crippen molar-refractivity contribution in [2.75, 3.05) is 11.9 Å². The van der Waals surface area contributed by atoms with Gasteiger partial charge in [-0.3, -0.25) is 4.79 Å². The molecule has 0 saturated carbocycles. The van der Waals surface area contributed by atoms with Gasteiger partial charge in [-0.15, -0.1) is 11.3 Å². The van der Waals surface area contributed by atoms with Gasteiger partial charge in [-0.05, 0) is 49.2 Å². The zero-order chi connectivity index (χ0) is 20.9. The van der Waals surface area contributed by atoms with E-state index in [0.29, 0.717) is 5.75 Å². The Balaban J connectivity index is 1.38. The van der Waals surface area contributed by atoms with Crippen molar-refractivity contribution in [1.29, 1.82) is 0 Å². The van der Waals surface area contributed by atoms with Crippen LogP contribution in [0.25, 0.3) is 21.8 Å². The molecule has 1 amide bonds. The van der Waals surface area contributed by atoms with E-state index < -0.39 is 0 Å². The Kier molecular flexibility index (Phi) is 5.91. The molecule has 0 aliphatic heterocycles. The van der Waals surface area contributed by atoms with Crippen LogP contribution in [0.5, 0.6) is 5.75 Å². The molecule has 0 atom stereocenters. The van der Waals surface area contributed by atoms with Crippen molar-refractivity contribution in [2.45, 2.75) is 13.8 Å². The molecule has 0 unspecified atom stereocenters. The Morgan fingerprint density at radius 2 is 1.80 bits per heavy atom. The standard InChI is InChI=1S/C25H22N2O2S/c1-17-6-5-8-21(14-17)29-15-24(28)26-20-12-10-19(11-13-20)23-16-30-25(27-23)22-9-4-3-7-18(22)2/h3-14,16H,15H2,1-2H3,(H,26,28). The largest absolute Gasteiger partial charge is 0.484 e. The van der Waals surface area contributed by atoms with Crippen LogP contribution in [0.1, 0.15) is 11.1 Å². The molecule has 4 aromatic rings. The summed E-state index contributed by atoms with van der Waals surface area (Å²) < 4.78 is 5.55. The predicted molar refractivity (Wildman–Crippen MR) is 123 cm³/mol. The van der Waals surface area contributed by atoms with E-state index in [0.717, 1.165) is 33.1 Å². The third-order valence-electron chi connectivity index (χ3n) is 4.70. The number of carbonyl (C=O) groups excluding carboxylic acids is 1. The second kappa shape index (κ2) is 8.93. The number of nitrogens with zero attached hydrogens (tertiary/aromatic N) is 1. The zero-order valence-electron chi connectivity index (χ0n) is 16.9. The van der Waals surface area contributed by atoms with Crippen molar-refractivity contribution in [3.05, 3.63) is 89.3 Å². The molecule has 5 heteroatoms. The van der Waals surface area contributed by atoms with Gasteiger partial charge in [-0.25, -0.2) is 4.98 Å². The third kappa shape index (κ3) is 4.75. The fourth-order valence-corrected chi connectivity index (χ4v) is 4.04. The molecule has 30 heavy (non-hydrogen) atoms. The monoisotopic (exact) mass is 414 g/mol. The number of amides is 1. The maximum atomic E-state index is 12.2. The molecule has 1 aromatic heterocycles. The van der Waals surface area contributed by atoms with Crippen LogP contribution in [0, 0.1) is 13.8 Å². The fourth-order valence-electron chi connectivity index (χ4n) is 3.12. The number of anilines is 1. The molecule has 0 spiro atoms. The van der Waals surface area contributed by atoms with Gasteiger partial charge in [0.05, 0.1) is 5.69 Å². The van der Waals surface area contributed by atoms with E-state index in [4.69, 9.17) is 9.72 Å². The van der Waals surface area contributed by atoms with Crippen molar-refractivity contribution in [3.8, 4) is 27.6 Å². The molecule has 150 valence electrons. The topological polar surface area (TPSA) is 51.2 Å². The number of hydrogen-bond donors (Lipinski definition) is 1. The molecular weight excluding hydrogens is 392 g/mol. The Bertz CT molecular complexity index is 1170. The molecule has 0 aliphatic rings. The van der Waals surface area contributed by atoms with E-state index in [1.54, 1.807) is 11.3 Å². The predicted octanol–water partition coefficient (Wildman–Crippen LogP) is 6.11. The Morgan fingerprint density at radius 3 is 2.57 bits per heavy atom. The summed E-state index contributed by atoms with van der Waals surface area (Å²) in [6, 6.07) is 23.6. The molecule has 3 aromatic carbocycles. The van der Waals surface area contributed by atoms with Crippen molar-refractivity contribution < 1.29 is 9.53 Å². The maximum Gasteiger partial charge on any atom is 0.262 e. The minimum absolute atomic E-state index is 0.0307. The number of aromatic nitrogens is 1.